The van der Waals surface area contributed by atoms with Gasteiger partial charge in [-0.2, -0.15) is 0 Å². The van der Waals surface area contributed by atoms with Crippen molar-refractivity contribution >= 4 is 39.1 Å². The first-order valence-electron chi connectivity index (χ1n) is 10.4. The Balaban J connectivity index is 1.69. The summed E-state index contributed by atoms with van der Waals surface area (Å²) in [5.41, 5.74) is 2.70. The number of halogens is 1. The third kappa shape index (κ3) is 3.98. The Morgan fingerprint density at radius 2 is 1.82 bits per heavy atom. The first-order valence-corrected chi connectivity index (χ1v) is 12.0. The van der Waals surface area contributed by atoms with E-state index in [0.29, 0.717) is 32.1 Å². The number of fused-ring (bicyclic) bond motifs is 1. The number of furan rings is 1. The van der Waals surface area contributed by atoms with Crippen molar-refractivity contribution in [3.8, 4) is 11.3 Å². The number of hydrogen-bond acceptors (Lipinski definition) is 5. The summed E-state index contributed by atoms with van der Waals surface area (Å²) in [5.74, 6) is 1.06. The lowest BCUT2D eigenvalue weighted by atomic mass is 9.98. The second-order valence-electron chi connectivity index (χ2n) is 7.76. The number of Topliss-reactive ketones (excluding diaryl/α,β-unsaturated/α-hetero) is 1. The van der Waals surface area contributed by atoms with Gasteiger partial charge in [-0.1, -0.05) is 69.7 Å². The highest BCUT2D eigenvalue weighted by atomic mass is 79.9. The zero-order chi connectivity index (χ0) is 23.1. The third-order valence-electron chi connectivity index (χ3n) is 5.52. The Morgan fingerprint density at radius 1 is 1.09 bits per heavy atom. The average molecular weight is 519 g/mol. The van der Waals surface area contributed by atoms with E-state index in [2.05, 4.69) is 20.9 Å². The summed E-state index contributed by atoms with van der Waals surface area (Å²) in [5, 5.41) is 0. The van der Waals surface area contributed by atoms with Crippen LogP contribution in [-0.2, 0) is 4.79 Å². The highest BCUT2D eigenvalue weighted by Gasteiger charge is 2.33. The molecule has 5 nitrogen and oxygen atoms in total. The Labute approximate surface area is 202 Å². The summed E-state index contributed by atoms with van der Waals surface area (Å²) in [6.45, 7) is 3.30. The number of allylic oxidation sites excluding steroid dienone is 2. The van der Waals surface area contributed by atoms with Gasteiger partial charge < -0.3 is 4.42 Å². The fourth-order valence-corrected chi connectivity index (χ4v) is 5.32. The number of ketones is 1. The SMILES string of the molecule is CC(=O)C1=C(C)N=c2s/c(=C/c3ccccc3)c(=O)n2[C@H]1c1ccc(-c2ccc(Br)cc2)o1. The van der Waals surface area contributed by atoms with Gasteiger partial charge in [-0.25, -0.2) is 4.99 Å². The quantitative estimate of drug-likeness (QED) is 0.388. The van der Waals surface area contributed by atoms with Crippen LogP contribution in [0.25, 0.3) is 17.4 Å². The molecule has 1 aliphatic rings. The van der Waals surface area contributed by atoms with E-state index >= 15 is 0 Å². The summed E-state index contributed by atoms with van der Waals surface area (Å²) >= 11 is 4.76. The second kappa shape index (κ2) is 8.57. The molecule has 0 spiro atoms. The van der Waals surface area contributed by atoms with Gasteiger partial charge in [0.2, 0.25) is 0 Å². The molecule has 0 saturated heterocycles. The van der Waals surface area contributed by atoms with E-state index in [4.69, 9.17) is 4.42 Å². The van der Waals surface area contributed by atoms with Crippen LogP contribution in [0.5, 0.6) is 0 Å². The lowest BCUT2D eigenvalue weighted by Gasteiger charge is -2.22. The minimum absolute atomic E-state index is 0.139. The van der Waals surface area contributed by atoms with Crippen molar-refractivity contribution in [3.63, 3.8) is 0 Å². The summed E-state index contributed by atoms with van der Waals surface area (Å²) in [7, 11) is 0. The first kappa shape index (κ1) is 21.6. The number of rotatable bonds is 4. The Morgan fingerprint density at radius 3 is 2.52 bits per heavy atom. The summed E-state index contributed by atoms with van der Waals surface area (Å²) in [6.07, 6.45) is 1.85. The molecule has 0 bridgehead atoms. The summed E-state index contributed by atoms with van der Waals surface area (Å²) in [6, 6.07) is 20.5. The van der Waals surface area contributed by atoms with E-state index in [1.807, 2.05) is 72.8 Å². The lowest BCUT2D eigenvalue weighted by Crippen LogP contribution is -2.39. The predicted molar refractivity (Wildman–Crippen MR) is 133 cm³/mol. The molecular weight excluding hydrogens is 500 g/mol. The zero-order valence-corrected chi connectivity index (χ0v) is 20.3. The monoisotopic (exact) mass is 518 g/mol. The van der Waals surface area contributed by atoms with Crippen LogP contribution in [0.4, 0.5) is 0 Å². The summed E-state index contributed by atoms with van der Waals surface area (Å²) < 4.78 is 9.32. The van der Waals surface area contributed by atoms with Gasteiger partial charge in [-0.3, -0.25) is 14.2 Å². The molecule has 0 unspecified atom stereocenters. The van der Waals surface area contributed by atoms with Gasteiger partial charge in [0.05, 0.1) is 4.53 Å². The number of benzene rings is 2. The number of aromatic nitrogens is 1. The van der Waals surface area contributed by atoms with Crippen LogP contribution in [0.15, 0.2) is 96.7 Å². The van der Waals surface area contributed by atoms with Crippen molar-refractivity contribution in [1.82, 2.24) is 4.57 Å². The van der Waals surface area contributed by atoms with E-state index in [0.717, 1.165) is 15.6 Å². The van der Waals surface area contributed by atoms with Crippen molar-refractivity contribution in [2.75, 3.05) is 0 Å². The minimum atomic E-state index is -0.666. The molecule has 164 valence electrons. The van der Waals surface area contributed by atoms with Crippen molar-refractivity contribution < 1.29 is 9.21 Å². The highest BCUT2D eigenvalue weighted by Crippen LogP contribution is 2.34. The normalized spacial score (nSPS) is 16.0. The maximum atomic E-state index is 13.5. The molecule has 4 aromatic rings. The lowest BCUT2D eigenvalue weighted by molar-refractivity contribution is -0.114. The van der Waals surface area contributed by atoms with Crippen LogP contribution in [0, 0.1) is 0 Å². The molecule has 0 radical (unpaired) electrons. The van der Waals surface area contributed by atoms with E-state index in [1.165, 1.54) is 18.3 Å². The molecule has 33 heavy (non-hydrogen) atoms. The molecule has 5 rings (SSSR count). The third-order valence-corrected chi connectivity index (χ3v) is 7.03. The number of thiazole rings is 1. The average Bonchev–Trinajstić information content (AvgIpc) is 3.39. The molecule has 7 heteroatoms. The fraction of sp³-hybridized carbons (Fsp3) is 0.115. The molecule has 0 N–H and O–H groups in total. The molecule has 0 aliphatic carbocycles. The largest absolute Gasteiger partial charge is 0.458 e. The van der Waals surface area contributed by atoms with Gasteiger partial charge in [0.25, 0.3) is 5.56 Å². The molecule has 0 amide bonds. The van der Waals surface area contributed by atoms with Gasteiger partial charge in [-0.05, 0) is 49.8 Å². The number of carbonyl (C=O) groups is 1. The van der Waals surface area contributed by atoms with Crippen molar-refractivity contribution in [1.29, 1.82) is 0 Å². The van der Waals surface area contributed by atoms with Gasteiger partial charge in [0.15, 0.2) is 10.6 Å². The molecule has 1 atom stereocenters. The molecule has 2 aromatic heterocycles. The van der Waals surface area contributed by atoms with Crippen LogP contribution in [0.3, 0.4) is 0 Å². The Hall–Kier alpha value is -3.29. The van der Waals surface area contributed by atoms with Gasteiger partial charge in [0.1, 0.15) is 17.6 Å². The number of hydrogen-bond donors (Lipinski definition) is 0. The first-order chi connectivity index (χ1) is 15.9. The molecule has 1 aliphatic heterocycles. The van der Waals surface area contributed by atoms with Crippen LogP contribution < -0.4 is 14.9 Å². The highest BCUT2D eigenvalue weighted by molar-refractivity contribution is 9.10. The van der Waals surface area contributed by atoms with Crippen LogP contribution in [0.2, 0.25) is 0 Å². The van der Waals surface area contributed by atoms with Gasteiger partial charge in [0, 0.05) is 21.3 Å². The van der Waals surface area contributed by atoms with Crippen molar-refractivity contribution in [2.24, 2.45) is 4.99 Å². The Bertz CT molecular complexity index is 1570. The number of carbonyl (C=O) groups excluding carboxylic acids is 1. The molecular formula is C26H19BrN2O3S. The molecule has 0 saturated carbocycles. The molecule has 2 aromatic carbocycles. The molecule has 3 heterocycles. The van der Waals surface area contributed by atoms with E-state index in [1.54, 1.807) is 11.5 Å². The maximum absolute atomic E-state index is 13.5. The zero-order valence-electron chi connectivity index (χ0n) is 17.9. The van der Waals surface area contributed by atoms with Crippen molar-refractivity contribution in [3.05, 3.63) is 113 Å². The summed E-state index contributed by atoms with van der Waals surface area (Å²) in [4.78, 5) is 31.3. The predicted octanol–water partition coefficient (Wildman–Crippen LogP) is 4.85. The topological polar surface area (TPSA) is 64.6 Å². The van der Waals surface area contributed by atoms with Crippen LogP contribution >= 0.6 is 27.3 Å². The maximum Gasteiger partial charge on any atom is 0.271 e. The Kier molecular flexibility index (Phi) is 5.60. The van der Waals surface area contributed by atoms with Crippen LogP contribution in [0.1, 0.15) is 31.2 Å². The smallest absolute Gasteiger partial charge is 0.271 e. The minimum Gasteiger partial charge on any atom is -0.458 e. The van der Waals surface area contributed by atoms with E-state index < -0.39 is 6.04 Å². The standard InChI is InChI=1S/C26H19BrN2O3S/c1-15-23(16(2)30)24(21-13-12-20(32-21)18-8-10-19(27)11-9-18)29-25(31)22(33-26(29)28-15)14-17-6-4-3-5-7-17/h3-14,24H,1-2H3/b22-14+/t24-/m0/s1. The van der Waals surface area contributed by atoms with Crippen LogP contribution in [-0.4, -0.2) is 10.4 Å². The van der Waals surface area contributed by atoms with E-state index in [-0.39, 0.29) is 11.3 Å². The fourth-order valence-electron chi connectivity index (χ4n) is 4.01. The number of nitrogens with zero attached hydrogens (tertiary/aromatic N) is 2. The van der Waals surface area contributed by atoms with Gasteiger partial charge >= 0.3 is 0 Å². The second-order valence-corrected chi connectivity index (χ2v) is 9.68. The van der Waals surface area contributed by atoms with Crippen molar-refractivity contribution in [2.45, 2.75) is 19.9 Å². The molecule has 0 fully saturated rings. The van der Waals surface area contributed by atoms with E-state index in [9.17, 15) is 9.59 Å². The van der Waals surface area contributed by atoms with Gasteiger partial charge in [-0.15, -0.1) is 0 Å².